The normalized spacial score (nSPS) is 11.2. The molecular formula is C25H25N5O3. The minimum Gasteiger partial charge on any atom is -0.462 e. The van der Waals surface area contributed by atoms with Gasteiger partial charge in [-0.15, -0.1) is 0 Å². The Hall–Kier alpha value is -4.20. The minimum atomic E-state index is -0.336. The summed E-state index contributed by atoms with van der Waals surface area (Å²) in [6.45, 7) is 6.22. The summed E-state index contributed by atoms with van der Waals surface area (Å²) < 4.78 is 8.89. The fourth-order valence-electron chi connectivity index (χ4n) is 3.78. The van der Waals surface area contributed by atoms with Crippen molar-refractivity contribution >= 4 is 29.1 Å². The standard InChI is InChI=1S/C25H25N5O3/c1-4-33-25(32)19-9-11-21(12-10-19)30-17(2)13-20(18(30)3)14-27-28-24(31)15-29-16-26-22-7-5-6-8-23(22)29/h5-14,16H,4,15H2,1-3H3,(H,28,31)/b27-14+. The second kappa shape index (κ2) is 9.52. The lowest BCUT2D eigenvalue weighted by atomic mass is 10.2. The number of hydrogen-bond donors (Lipinski definition) is 1. The SMILES string of the molecule is CCOC(=O)c1ccc(-n2c(C)cc(/C=N/NC(=O)Cn3cnc4ccccc43)c2C)cc1. The molecular weight excluding hydrogens is 418 g/mol. The van der Waals surface area contributed by atoms with Crippen LogP contribution >= 0.6 is 0 Å². The maximum absolute atomic E-state index is 12.3. The number of imidazole rings is 1. The number of carbonyl (C=O) groups is 2. The van der Waals surface area contributed by atoms with Gasteiger partial charge in [-0.3, -0.25) is 4.79 Å². The zero-order chi connectivity index (χ0) is 23.4. The predicted octanol–water partition coefficient (Wildman–Crippen LogP) is 3.77. The van der Waals surface area contributed by atoms with Crippen LogP contribution in [0.5, 0.6) is 0 Å². The van der Waals surface area contributed by atoms with E-state index in [1.807, 2.05) is 56.3 Å². The average Bonchev–Trinajstić information content (AvgIpc) is 3.34. The van der Waals surface area contributed by atoms with E-state index in [2.05, 4.69) is 20.1 Å². The van der Waals surface area contributed by atoms with Gasteiger partial charge in [-0.1, -0.05) is 12.1 Å². The van der Waals surface area contributed by atoms with Gasteiger partial charge in [-0.25, -0.2) is 15.2 Å². The van der Waals surface area contributed by atoms with E-state index in [1.165, 1.54) is 0 Å². The number of nitrogens with one attached hydrogen (secondary N) is 1. The number of nitrogens with zero attached hydrogens (tertiary/aromatic N) is 4. The zero-order valence-electron chi connectivity index (χ0n) is 18.8. The number of rotatable bonds is 7. The third-order valence-corrected chi connectivity index (χ3v) is 5.34. The first-order valence-corrected chi connectivity index (χ1v) is 10.7. The van der Waals surface area contributed by atoms with Crippen molar-refractivity contribution in [3.8, 4) is 5.69 Å². The summed E-state index contributed by atoms with van der Waals surface area (Å²) in [4.78, 5) is 28.5. The molecule has 4 aromatic rings. The number of carbonyl (C=O) groups excluding carboxylic acids is 2. The third-order valence-electron chi connectivity index (χ3n) is 5.34. The van der Waals surface area contributed by atoms with Crippen molar-refractivity contribution in [3.63, 3.8) is 0 Å². The molecule has 1 amide bonds. The summed E-state index contributed by atoms with van der Waals surface area (Å²) in [7, 11) is 0. The Morgan fingerprint density at radius 1 is 1.12 bits per heavy atom. The Morgan fingerprint density at radius 3 is 2.64 bits per heavy atom. The van der Waals surface area contributed by atoms with E-state index in [9.17, 15) is 9.59 Å². The van der Waals surface area contributed by atoms with Gasteiger partial charge in [-0.2, -0.15) is 5.10 Å². The molecule has 0 unspecified atom stereocenters. The van der Waals surface area contributed by atoms with Gasteiger partial charge in [-0.05, 0) is 63.2 Å². The molecule has 2 heterocycles. The molecule has 4 rings (SSSR count). The Labute approximate surface area is 191 Å². The molecule has 0 saturated heterocycles. The second-order valence-electron chi connectivity index (χ2n) is 7.58. The highest BCUT2D eigenvalue weighted by molar-refractivity contribution is 5.89. The molecule has 0 atom stereocenters. The number of hydrogen-bond acceptors (Lipinski definition) is 5. The lowest BCUT2D eigenvalue weighted by Gasteiger charge is -2.10. The van der Waals surface area contributed by atoms with Gasteiger partial charge in [0.2, 0.25) is 0 Å². The molecule has 0 saturated carbocycles. The van der Waals surface area contributed by atoms with E-state index in [1.54, 1.807) is 36.2 Å². The van der Waals surface area contributed by atoms with Crippen LogP contribution in [0, 0.1) is 13.8 Å². The predicted molar refractivity (Wildman–Crippen MR) is 127 cm³/mol. The quantitative estimate of drug-likeness (QED) is 0.267. The van der Waals surface area contributed by atoms with Crippen molar-refractivity contribution < 1.29 is 14.3 Å². The Balaban J connectivity index is 1.44. The van der Waals surface area contributed by atoms with Gasteiger partial charge in [0.1, 0.15) is 6.54 Å². The fourth-order valence-corrected chi connectivity index (χ4v) is 3.78. The van der Waals surface area contributed by atoms with Gasteiger partial charge in [0.15, 0.2) is 0 Å². The van der Waals surface area contributed by atoms with Gasteiger partial charge in [0.05, 0.1) is 35.7 Å². The summed E-state index contributed by atoms with van der Waals surface area (Å²) >= 11 is 0. The summed E-state index contributed by atoms with van der Waals surface area (Å²) in [5, 5.41) is 4.14. The molecule has 0 fully saturated rings. The number of ether oxygens (including phenoxy) is 1. The van der Waals surface area contributed by atoms with Crippen molar-refractivity contribution in [3.05, 3.63) is 83.4 Å². The van der Waals surface area contributed by atoms with Crippen molar-refractivity contribution in [2.45, 2.75) is 27.3 Å². The fraction of sp³-hybridized carbons (Fsp3) is 0.200. The molecule has 0 aliphatic heterocycles. The molecule has 33 heavy (non-hydrogen) atoms. The lowest BCUT2D eigenvalue weighted by Crippen LogP contribution is -2.22. The molecule has 0 aliphatic rings. The lowest BCUT2D eigenvalue weighted by molar-refractivity contribution is -0.121. The average molecular weight is 444 g/mol. The van der Waals surface area contributed by atoms with E-state index in [0.29, 0.717) is 12.2 Å². The monoisotopic (exact) mass is 443 g/mol. The van der Waals surface area contributed by atoms with Gasteiger partial charge >= 0.3 is 5.97 Å². The number of amides is 1. The number of aryl methyl sites for hydroxylation is 1. The molecule has 0 bridgehead atoms. The smallest absolute Gasteiger partial charge is 0.338 e. The number of esters is 1. The molecule has 0 radical (unpaired) electrons. The number of para-hydroxylation sites is 2. The largest absolute Gasteiger partial charge is 0.462 e. The molecule has 168 valence electrons. The first-order valence-electron chi connectivity index (χ1n) is 10.7. The molecule has 2 aromatic carbocycles. The van der Waals surface area contributed by atoms with Crippen molar-refractivity contribution in [2.75, 3.05) is 6.61 Å². The molecule has 0 aliphatic carbocycles. The maximum atomic E-state index is 12.3. The van der Waals surface area contributed by atoms with E-state index < -0.39 is 0 Å². The Morgan fingerprint density at radius 2 is 1.88 bits per heavy atom. The number of benzene rings is 2. The van der Waals surface area contributed by atoms with Gasteiger partial charge < -0.3 is 13.9 Å². The van der Waals surface area contributed by atoms with Crippen LogP contribution in [0.1, 0.15) is 34.2 Å². The van der Waals surface area contributed by atoms with Crippen LogP contribution in [0.25, 0.3) is 16.7 Å². The molecule has 8 nitrogen and oxygen atoms in total. The molecule has 8 heteroatoms. The first-order chi connectivity index (χ1) is 16.0. The van der Waals surface area contributed by atoms with Crippen LogP contribution in [0.15, 0.2) is 66.0 Å². The van der Waals surface area contributed by atoms with Crippen LogP contribution in [0.3, 0.4) is 0 Å². The number of hydrazone groups is 1. The Bertz CT molecular complexity index is 1330. The molecule has 2 aromatic heterocycles. The highest BCUT2D eigenvalue weighted by atomic mass is 16.5. The summed E-state index contributed by atoms with van der Waals surface area (Å²) in [6, 6.07) is 16.9. The van der Waals surface area contributed by atoms with E-state index in [-0.39, 0.29) is 18.4 Å². The van der Waals surface area contributed by atoms with Crippen LogP contribution in [0.4, 0.5) is 0 Å². The second-order valence-corrected chi connectivity index (χ2v) is 7.58. The van der Waals surface area contributed by atoms with Crippen LogP contribution in [0.2, 0.25) is 0 Å². The maximum Gasteiger partial charge on any atom is 0.338 e. The summed E-state index contributed by atoms with van der Waals surface area (Å²) in [6.07, 6.45) is 3.28. The van der Waals surface area contributed by atoms with Crippen molar-refractivity contribution in [1.82, 2.24) is 19.5 Å². The number of aromatic nitrogens is 3. The minimum absolute atomic E-state index is 0.129. The number of fused-ring (bicyclic) bond motifs is 1. The van der Waals surface area contributed by atoms with Gasteiger partial charge in [0.25, 0.3) is 5.91 Å². The van der Waals surface area contributed by atoms with Gasteiger partial charge in [0, 0.05) is 22.6 Å². The topological polar surface area (TPSA) is 90.5 Å². The molecule has 0 spiro atoms. The first kappa shape index (κ1) is 22.0. The van der Waals surface area contributed by atoms with Crippen LogP contribution in [-0.4, -0.2) is 38.8 Å². The van der Waals surface area contributed by atoms with Crippen LogP contribution < -0.4 is 5.43 Å². The summed E-state index contributed by atoms with van der Waals surface area (Å²) in [5.41, 5.74) is 8.62. The highest BCUT2D eigenvalue weighted by Gasteiger charge is 2.12. The zero-order valence-corrected chi connectivity index (χ0v) is 18.8. The highest BCUT2D eigenvalue weighted by Crippen LogP contribution is 2.20. The van der Waals surface area contributed by atoms with Crippen LogP contribution in [-0.2, 0) is 16.1 Å². The Kier molecular flexibility index (Phi) is 6.35. The van der Waals surface area contributed by atoms with E-state index in [4.69, 9.17) is 4.74 Å². The van der Waals surface area contributed by atoms with Crippen molar-refractivity contribution in [1.29, 1.82) is 0 Å². The van der Waals surface area contributed by atoms with E-state index in [0.717, 1.165) is 33.7 Å². The third kappa shape index (κ3) is 4.69. The summed E-state index contributed by atoms with van der Waals surface area (Å²) in [5.74, 6) is -0.574. The molecule has 1 N–H and O–H groups in total. The van der Waals surface area contributed by atoms with E-state index >= 15 is 0 Å². The van der Waals surface area contributed by atoms with Crippen molar-refractivity contribution in [2.24, 2.45) is 5.10 Å².